The zero-order chi connectivity index (χ0) is 15.0. The first-order valence-corrected chi connectivity index (χ1v) is 8.02. The van der Waals surface area contributed by atoms with E-state index in [-0.39, 0.29) is 12.1 Å². The van der Waals surface area contributed by atoms with E-state index in [1.54, 1.807) is 0 Å². The maximum Gasteiger partial charge on any atom is 0.0797 e. The maximum atomic E-state index is 10.1. The molecule has 0 aromatic heterocycles. The van der Waals surface area contributed by atoms with Gasteiger partial charge in [-0.1, -0.05) is 37.3 Å². The molecule has 0 aliphatic carbocycles. The fraction of sp³-hybridized carbons (Fsp3) is 0.647. The number of benzene rings is 1. The number of hydrogen-bond acceptors (Lipinski definition) is 4. The quantitative estimate of drug-likeness (QED) is 0.801. The third-order valence-corrected chi connectivity index (χ3v) is 4.12. The van der Waals surface area contributed by atoms with Gasteiger partial charge in [-0.25, -0.2) is 0 Å². The molecule has 1 aromatic rings. The zero-order valence-electron chi connectivity index (χ0n) is 13.1. The Hall–Kier alpha value is -0.940. The fourth-order valence-corrected chi connectivity index (χ4v) is 2.91. The van der Waals surface area contributed by atoms with Gasteiger partial charge in [-0.05, 0) is 24.9 Å². The van der Waals surface area contributed by atoms with Crippen LogP contribution in [0.5, 0.6) is 0 Å². The molecule has 2 rings (SSSR count). The molecule has 0 bridgehead atoms. The molecule has 2 N–H and O–H groups in total. The molecular formula is C17H28N2O2. The summed E-state index contributed by atoms with van der Waals surface area (Å²) in [4.78, 5) is 2.40. The van der Waals surface area contributed by atoms with Crippen molar-refractivity contribution >= 4 is 0 Å². The summed E-state index contributed by atoms with van der Waals surface area (Å²) < 4.78 is 5.54. The van der Waals surface area contributed by atoms with E-state index in [1.807, 2.05) is 18.2 Å². The summed E-state index contributed by atoms with van der Waals surface area (Å²) in [5.41, 5.74) is 0.771. The van der Waals surface area contributed by atoms with Gasteiger partial charge in [0.25, 0.3) is 0 Å². The lowest BCUT2D eigenvalue weighted by atomic mass is 9.89. The highest BCUT2D eigenvalue weighted by Gasteiger charge is 2.33. The Balaban J connectivity index is 2.17. The molecule has 0 amide bonds. The van der Waals surface area contributed by atoms with Crippen molar-refractivity contribution in [3.05, 3.63) is 35.9 Å². The van der Waals surface area contributed by atoms with Crippen molar-refractivity contribution in [2.24, 2.45) is 0 Å². The van der Waals surface area contributed by atoms with Crippen LogP contribution in [0.4, 0.5) is 0 Å². The Labute approximate surface area is 128 Å². The summed E-state index contributed by atoms with van der Waals surface area (Å²) >= 11 is 0. The number of hydrogen-bond donors (Lipinski definition) is 2. The number of rotatable bonds is 7. The number of nitrogens with one attached hydrogen (secondary N) is 1. The molecule has 1 aliphatic heterocycles. The lowest BCUT2D eigenvalue weighted by molar-refractivity contribution is 0.0983. The van der Waals surface area contributed by atoms with Crippen molar-refractivity contribution in [3.8, 4) is 0 Å². The second kappa shape index (κ2) is 8.49. The molecule has 1 saturated heterocycles. The Morgan fingerprint density at radius 1 is 1.24 bits per heavy atom. The van der Waals surface area contributed by atoms with Gasteiger partial charge in [0.2, 0.25) is 0 Å². The van der Waals surface area contributed by atoms with E-state index in [0.717, 1.165) is 57.8 Å². The maximum absolute atomic E-state index is 10.1. The van der Waals surface area contributed by atoms with Crippen LogP contribution in [0.3, 0.4) is 0 Å². The van der Waals surface area contributed by atoms with Crippen LogP contribution >= 0.6 is 0 Å². The van der Waals surface area contributed by atoms with Gasteiger partial charge in [0.15, 0.2) is 0 Å². The van der Waals surface area contributed by atoms with Gasteiger partial charge < -0.3 is 15.2 Å². The van der Waals surface area contributed by atoms with Gasteiger partial charge in [0.05, 0.1) is 18.8 Å². The summed E-state index contributed by atoms with van der Waals surface area (Å²) in [7, 11) is 0. The van der Waals surface area contributed by atoms with Gasteiger partial charge in [-0.2, -0.15) is 0 Å². The Morgan fingerprint density at radius 2 is 2.05 bits per heavy atom. The van der Waals surface area contributed by atoms with Gasteiger partial charge in [0.1, 0.15) is 0 Å². The highest BCUT2D eigenvalue weighted by molar-refractivity contribution is 5.25. The van der Waals surface area contributed by atoms with Crippen molar-refractivity contribution in [2.45, 2.75) is 25.3 Å². The number of nitrogens with zero attached hydrogens (tertiary/aromatic N) is 1. The van der Waals surface area contributed by atoms with Crippen LogP contribution in [-0.2, 0) is 10.3 Å². The van der Waals surface area contributed by atoms with Crippen LogP contribution in [0.2, 0.25) is 0 Å². The smallest absolute Gasteiger partial charge is 0.0797 e. The molecule has 1 atom stereocenters. The van der Waals surface area contributed by atoms with Crippen LogP contribution in [0, 0.1) is 0 Å². The van der Waals surface area contributed by atoms with Crippen LogP contribution in [-0.4, -0.2) is 56.0 Å². The number of ether oxygens (including phenoxy) is 1. The van der Waals surface area contributed by atoms with E-state index >= 15 is 0 Å². The second-order valence-corrected chi connectivity index (χ2v) is 5.78. The summed E-state index contributed by atoms with van der Waals surface area (Å²) in [6, 6.07) is 10.3. The van der Waals surface area contributed by atoms with Gasteiger partial charge in [-0.15, -0.1) is 0 Å². The van der Waals surface area contributed by atoms with Crippen LogP contribution in [0.1, 0.15) is 25.3 Å². The highest BCUT2D eigenvalue weighted by atomic mass is 16.5. The average Bonchev–Trinajstić information content (AvgIpc) is 2.81. The Kier molecular flexibility index (Phi) is 6.64. The fourth-order valence-electron chi connectivity index (χ4n) is 2.91. The molecule has 21 heavy (non-hydrogen) atoms. The topological polar surface area (TPSA) is 44.7 Å². The Morgan fingerprint density at radius 3 is 2.76 bits per heavy atom. The third-order valence-electron chi connectivity index (χ3n) is 4.12. The molecule has 0 saturated carbocycles. The second-order valence-electron chi connectivity index (χ2n) is 5.78. The molecule has 1 heterocycles. The van der Waals surface area contributed by atoms with E-state index in [0.29, 0.717) is 0 Å². The predicted octanol–water partition coefficient (Wildman–Crippen LogP) is 1.60. The molecule has 118 valence electrons. The zero-order valence-corrected chi connectivity index (χ0v) is 13.1. The van der Waals surface area contributed by atoms with E-state index in [1.165, 1.54) is 0 Å². The highest BCUT2D eigenvalue weighted by Crippen LogP contribution is 2.23. The predicted molar refractivity (Wildman–Crippen MR) is 85.4 cm³/mol. The first-order chi connectivity index (χ1) is 10.3. The van der Waals surface area contributed by atoms with Crippen molar-refractivity contribution < 1.29 is 9.84 Å². The normalized spacial score (nSPS) is 19.9. The summed E-state index contributed by atoms with van der Waals surface area (Å²) in [5, 5.41) is 13.7. The van der Waals surface area contributed by atoms with E-state index < -0.39 is 0 Å². The minimum absolute atomic E-state index is 0.106. The van der Waals surface area contributed by atoms with Crippen molar-refractivity contribution in [3.63, 3.8) is 0 Å². The summed E-state index contributed by atoms with van der Waals surface area (Å²) in [6.45, 7) is 7.57. The van der Waals surface area contributed by atoms with Crippen LogP contribution < -0.4 is 5.32 Å². The average molecular weight is 292 g/mol. The Bertz CT molecular complexity index is 391. The SMILES string of the molecule is CCCNC(CO)(CN1CCCOCC1)c1ccccc1. The standard InChI is InChI=1S/C17H28N2O2/c1-2-9-18-17(15-20,16-7-4-3-5-8-16)14-19-10-6-12-21-13-11-19/h3-5,7-8,18,20H,2,6,9-15H2,1H3. The number of aliphatic hydroxyl groups is 1. The summed E-state index contributed by atoms with van der Waals surface area (Å²) in [6.07, 6.45) is 2.11. The van der Waals surface area contributed by atoms with E-state index in [9.17, 15) is 5.11 Å². The lowest BCUT2D eigenvalue weighted by Crippen LogP contribution is -2.54. The molecular weight excluding hydrogens is 264 g/mol. The molecule has 1 aliphatic rings. The third kappa shape index (κ3) is 4.51. The molecule has 1 fully saturated rings. The minimum atomic E-state index is -0.387. The van der Waals surface area contributed by atoms with E-state index in [2.05, 4.69) is 29.3 Å². The molecule has 4 heteroatoms. The van der Waals surface area contributed by atoms with Crippen LogP contribution in [0.25, 0.3) is 0 Å². The molecule has 1 unspecified atom stereocenters. The van der Waals surface area contributed by atoms with Crippen LogP contribution in [0.15, 0.2) is 30.3 Å². The van der Waals surface area contributed by atoms with Gasteiger partial charge in [-0.3, -0.25) is 4.90 Å². The first kappa shape index (κ1) is 16.4. The molecule has 0 spiro atoms. The number of aliphatic hydroxyl groups excluding tert-OH is 1. The molecule has 4 nitrogen and oxygen atoms in total. The van der Waals surface area contributed by atoms with Crippen molar-refractivity contribution in [1.29, 1.82) is 0 Å². The van der Waals surface area contributed by atoms with Gasteiger partial charge >= 0.3 is 0 Å². The lowest BCUT2D eigenvalue weighted by Gasteiger charge is -2.38. The van der Waals surface area contributed by atoms with Gasteiger partial charge in [0, 0.05) is 26.2 Å². The first-order valence-electron chi connectivity index (χ1n) is 8.02. The molecule has 1 aromatic carbocycles. The van der Waals surface area contributed by atoms with E-state index in [4.69, 9.17) is 4.74 Å². The monoisotopic (exact) mass is 292 g/mol. The van der Waals surface area contributed by atoms with Crippen molar-refractivity contribution in [1.82, 2.24) is 10.2 Å². The molecule has 0 radical (unpaired) electrons. The summed E-state index contributed by atoms with van der Waals surface area (Å²) in [5.74, 6) is 0. The largest absolute Gasteiger partial charge is 0.394 e. The minimum Gasteiger partial charge on any atom is -0.394 e. The van der Waals surface area contributed by atoms with Crippen molar-refractivity contribution in [2.75, 3.05) is 46.0 Å².